The van der Waals surface area contributed by atoms with Crippen LogP contribution in [0.5, 0.6) is 0 Å². The first-order valence-corrected chi connectivity index (χ1v) is 7.67. The lowest BCUT2D eigenvalue weighted by Gasteiger charge is -2.10. The van der Waals surface area contributed by atoms with E-state index in [1.807, 2.05) is 13.8 Å². The van der Waals surface area contributed by atoms with Crippen LogP contribution in [0.15, 0.2) is 0 Å². The van der Waals surface area contributed by atoms with E-state index in [2.05, 4.69) is 0 Å². The number of hydrogen-bond acceptors (Lipinski definition) is 5. The predicted octanol–water partition coefficient (Wildman–Crippen LogP) is 4.17. The first-order chi connectivity index (χ1) is 8.31. The molecule has 0 aromatic carbocycles. The Balaban J connectivity index is 3.65. The van der Waals surface area contributed by atoms with Crippen molar-refractivity contribution in [3.63, 3.8) is 0 Å². The zero-order valence-corrected chi connectivity index (χ0v) is 14.0. The fraction of sp³-hybridized carbons (Fsp3) is 1.00. The zero-order valence-electron chi connectivity index (χ0n) is 10.1. The monoisotopic (exact) mass is 359 g/mol. The van der Waals surface area contributed by atoms with Crippen LogP contribution in [0.3, 0.4) is 0 Å². The molecule has 0 rings (SSSR count). The molecule has 2 atom stereocenters. The van der Waals surface area contributed by atoms with Gasteiger partial charge >= 0.3 is 8.25 Å². The van der Waals surface area contributed by atoms with E-state index in [0.717, 1.165) is 7.88 Å². The fourth-order valence-corrected chi connectivity index (χ4v) is 2.76. The molecule has 0 bridgehead atoms. The number of halogens is 4. The molecule has 0 heterocycles. The Labute approximate surface area is 129 Å². The molecule has 0 saturated carbocycles. The highest BCUT2D eigenvalue weighted by molar-refractivity contribution is 7.33. The fourth-order valence-electron chi connectivity index (χ4n) is 0.990. The van der Waals surface area contributed by atoms with Crippen LogP contribution in [-0.4, -0.2) is 34.2 Å². The summed E-state index contributed by atoms with van der Waals surface area (Å²) in [6, 6.07) is 0. The van der Waals surface area contributed by atoms with Crippen molar-refractivity contribution in [3.8, 4) is 0 Å². The summed E-state index contributed by atoms with van der Waals surface area (Å²) < 4.78 is 23.4. The molecule has 0 aromatic heterocycles. The lowest BCUT2D eigenvalue weighted by Crippen LogP contribution is -2.16. The Morgan fingerprint density at radius 3 is 1.56 bits per heavy atom. The molecule has 0 N–H and O–H groups in total. The van der Waals surface area contributed by atoms with E-state index < -0.39 is 8.25 Å². The summed E-state index contributed by atoms with van der Waals surface area (Å²) in [6.45, 7) is 5.05. The summed E-state index contributed by atoms with van der Waals surface area (Å²) in [5.41, 5.74) is 0. The third-order valence-corrected chi connectivity index (χ3v) is 3.10. The van der Waals surface area contributed by atoms with Gasteiger partial charge in [0.25, 0.3) is 0 Å². The summed E-state index contributed by atoms with van der Waals surface area (Å²) >= 11 is 21.8. The summed E-state index contributed by atoms with van der Waals surface area (Å²) in [5.74, 6) is 0.0855. The lowest BCUT2D eigenvalue weighted by atomic mass is 10.2. The maximum atomic E-state index is 11.4. The molecule has 0 aliphatic heterocycles. The summed E-state index contributed by atoms with van der Waals surface area (Å²) in [4.78, 5) is 0. The molecule has 0 fully saturated rings. The average molecular weight is 361 g/mol. The predicted molar refractivity (Wildman–Crippen MR) is 74.7 cm³/mol. The molecule has 0 amide bonds. The highest BCUT2D eigenvalue weighted by atomic mass is 35.5. The van der Waals surface area contributed by atoms with E-state index in [-0.39, 0.29) is 25.0 Å². The Bertz CT molecular complexity index is 226. The molecule has 5 nitrogen and oxygen atoms in total. The van der Waals surface area contributed by atoms with Crippen LogP contribution < -0.4 is 0 Å². The van der Waals surface area contributed by atoms with Crippen LogP contribution in [0.2, 0.25) is 0 Å². The maximum Gasteiger partial charge on any atom is 0.697 e. The van der Waals surface area contributed by atoms with Crippen LogP contribution in [0.25, 0.3) is 0 Å². The van der Waals surface area contributed by atoms with Crippen LogP contribution in [0.4, 0.5) is 0 Å². The molecule has 0 aromatic rings. The van der Waals surface area contributed by atoms with E-state index in [9.17, 15) is 4.57 Å². The SMILES string of the molecule is CC(CO[P+](=O)OCC(C)CN(Cl)Cl)CN(Cl)Cl. The third kappa shape index (κ3) is 12.2. The molecule has 10 heteroatoms. The van der Waals surface area contributed by atoms with Crippen molar-refractivity contribution in [2.45, 2.75) is 13.8 Å². The molecule has 0 aliphatic rings. The second-order valence-corrected chi connectivity index (χ2v) is 6.94. The Morgan fingerprint density at radius 2 is 1.28 bits per heavy atom. The highest BCUT2D eigenvalue weighted by Gasteiger charge is 2.24. The molecule has 0 saturated heterocycles. The van der Waals surface area contributed by atoms with Gasteiger partial charge in [0.2, 0.25) is 0 Å². The van der Waals surface area contributed by atoms with E-state index in [0.29, 0.717) is 13.1 Å². The van der Waals surface area contributed by atoms with Crippen molar-refractivity contribution in [2.75, 3.05) is 26.3 Å². The lowest BCUT2D eigenvalue weighted by molar-refractivity contribution is 0.180. The standard InChI is InChI=1S/C8H16Cl4N2O3P/c1-7(3-13(9)10)5-16-18(15)17-6-8(2)4-14(11)12/h7-8H,3-6H2,1-2H3/q+1. The van der Waals surface area contributed by atoms with E-state index >= 15 is 0 Å². The van der Waals surface area contributed by atoms with Crippen molar-refractivity contribution >= 4 is 55.4 Å². The normalized spacial score (nSPS) is 16.1. The Kier molecular flexibility index (Phi) is 11.5. The average Bonchev–Trinajstić information content (AvgIpc) is 2.21. The van der Waals surface area contributed by atoms with Crippen molar-refractivity contribution in [2.24, 2.45) is 11.8 Å². The molecule has 0 spiro atoms. The molecule has 18 heavy (non-hydrogen) atoms. The summed E-state index contributed by atoms with van der Waals surface area (Å²) in [5, 5.41) is 0. The van der Waals surface area contributed by atoms with Crippen LogP contribution in [0, 0.1) is 11.8 Å². The Morgan fingerprint density at radius 1 is 0.944 bits per heavy atom. The molecular formula is C8H16Cl4N2O3P+. The van der Waals surface area contributed by atoms with Crippen molar-refractivity contribution in [1.82, 2.24) is 7.88 Å². The smallest absolute Gasteiger partial charge is 0.131 e. The molecule has 108 valence electrons. The van der Waals surface area contributed by atoms with Gasteiger partial charge in [-0.05, 0) is 58.9 Å². The van der Waals surface area contributed by atoms with Crippen LogP contribution in [-0.2, 0) is 13.6 Å². The third-order valence-electron chi connectivity index (χ3n) is 1.83. The highest BCUT2D eigenvalue weighted by Crippen LogP contribution is 2.26. The molecule has 0 aliphatic carbocycles. The second kappa shape index (κ2) is 10.8. The van der Waals surface area contributed by atoms with Gasteiger partial charge in [-0.3, -0.25) is 0 Å². The van der Waals surface area contributed by atoms with Gasteiger partial charge in [0.15, 0.2) is 0 Å². The van der Waals surface area contributed by atoms with E-state index in [1.54, 1.807) is 0 Å². The number of hydrogen-bond donors (Lipinski definition) is 0. The minimum Gasteiger partial charge on any atom is -0.131 e. The number of rotatable bonds is 10. The van der Waals surface area contributed by atoms with Gasteiger partial charge in [0, 0.05) is 17.7 Å². The van der Waals surface area contributed by atoms with Crippen molar-refractivity contribution in [1.29, 1.82) is 0 Å². The van der Waals surface area contributed by atoms with Gasteiger partial charge in [-0.15, -0.1) is 16.9 Å². The van der Waals surface area contributed by atoms with Crippen LogP contribution in [0.1, 0.15) is 13.8 Å². The second-order valence-electron chi connectivity index (χ2n) is 4.00. The van der Waals surface area contributed by atoms with Crippen LogP contribution >= 0.6 is 55.4 Å². The van der Waals surface area contributed by atoms with Gasteiger partial charge in [-0.25, -0.2) is 0 Å². The molecule has 2 unspecified atom stereocenters. The van der Waals surface area contributed by atoms with Gasteiger partial charge in [-0.1, -0.05) is 13.8 Å². The maximum absolute atomic E-state index is 11.4. The molecular weight excluding hydrogens is 345 g/mol. The topological polar surface area (TPSA) is 42.0 Å². The first-order valence-electron chi connectivity index (χ1n) is 5.22. The van der Waals surface area contributed by atoms with Gasteiger partial charge in [0.05, 0.1) is 0 Å². The minimum atomic E-state index is -2.15. The molecule has 0 radical (unpaired) electrons. The van der Waals surface area contributed by atoms with E-state index in [1.165, 1.54) is 0 Å². The van der Waals surface area contributed by atoms with Gasteiger partial charge in [-0.2, -0.15) is 0 Å². The Hall–Kier alpha value is 1.10. The summed E-state index contributed by atoms with van der Waals surface area (Å²) in [7, 11) is -2.15. The van der Waals surface area contributed by atoms with E-state index in [4.69, 9.17) is 56.2 Å². The van der Waals surface area contributed by atoms with Crippen molar-refractivity contribution in [3.05, 3.63) is 0 Å². The minimum absolute atomic E-state index is 0.0427. The first kappa shape index (κ1) is 19.1. The van der Waals surface area contributed by atoms with Crippen molar-refractivity contribution < 1.29 is 13.6 Å². The quantitative estimate of drug-likeness (QED) is 0.432. The largest absolute Gasteiger partial charge is 0.697 e. The van der Waals surface area contributed by atoms with Gasteiger partial charge < -0.3 is 0 Å². The zero-order chi connectivity index (χ0) is 14.1. The summed E-state index contributed by atoms with van der Waals surface area (Å²) in [6.07, 6.45) is 0. The number of nitrogens with zero attached hydrogens (tertiary/aromatic N) is 2. The van der Waals surface area contributed by atoms with Gasteiger partial charge in [0.1, 0.15) is 13.2 Å².